The lowest BCUT2D eigenvalue weighted by molar-refractivity contribution is -0.384. The van der Waals surface area contributed by atoms with Crippen LogP contribution in [0.25, 0.3) is 0 Å². The molecule has 2 unspecified atom stereocenters. The number of nitro groups is 1. The van der Waals surface area contributed by atoms with Crippen molar-refractivity contribution in [2.24, 2.45) is 0 Å². The number of hydrogen-bond donors (Lipinski definition) is 2. The molecular formula is C13H19N3O5. The minimum Gasteiger partial charge on any atom is -0.385 e. The van der Waals surface area contributed by atoms with Gasteiger partial charge in [0.05, 0.1) is 17.2 Å². The lowest BCUT2D eigenvalue weighted by Crippen LogP contribution is -2.47. The first-order valence-electron chi connectivity index (χ1n) is 6.84. The molecule has 0 spiro atoms. The number of nitrogens with zero attached hydrogens (tertiary/aromatic N) is 2. The largest absolute Gasteiger partial charge is 0.385 e. The second-order valence-corrected chi connectivity index (χ2v) is 5.18. The van der Waals surface area contributed by atoms with Crippen molar-refractivity contribution in [1.29, 1.82) is 0 Å². The number of amides is 1. The van der Waals surface area contributed by atoms with Gasteiger partial charge >= 0.3 is 0 Å². The predicted molar refractivity (Wildman–Crippen MR) is 74.1 cm³/mol. The Morgan fingerprint density at radius 2 is 2.43 bits per heavy atom. The summed E-state index contributed by atoms with van der Waals surface area (Å²) in [6.45, 7) is 4.49. The molecule has 21 heavy (non-hydrogen) atoms. The lowest BCUT2D eigenvalue weighted by Gasteiger charge is -2.26. The van der Waals surface area contributed by atoms with E-state index in [1.807, 2.05) is 0 Å². The summed E-state index contributed by atoms with van der Waals surface area (Å²) in [5, 5.41) is 23.7. The second-order valence-electron chi connectivity index (χ2n) is 5.18. The minimum atomic E-state index is -1.09. The molecule has 116 valence electrons. The quantitative estimate of drug-likeness (QED) is 0.614. The molecule has 0 radical (unpaired) electrons. The van der Waals surface area contributed by atoms with E-state index in [1.165, 1.54) is 16.8 Å². The Kier molecular flexibility index (Phi) is 4.29. The van der Waals surface area contributed by atoms with Crippen LogP contribution in [-0.2, 0) is 11.3 Å². The fourth-order valence-electron chi connectivity index (χ4n) is 2.37. The van der Waals surface area contributed by atoms with Crippen LogP contribution in [0, 0.1) is 10.1 Å². The number of ether oxygens (including phenoxy) is 1. The van der Waals surface area contributed by atoms with Crippen LogP contribution in [-0.4, -0.2) is 45.4 Å². The summed E-state index contributed by atoms with van der Waals surface area (Å²) >= 11 is 0. The summed E-state index contributed by atoms with van der Waals surface area (Å²) in [5.41, 5.74) is -1.01. The Balaban J connectivity index is 2.08. The van der Waals surface area contributed by atoms with Crippen LogP contribution in [0.3, 0.4) is 0 Å². The van der Waals surface area contributed by atoms with Gasteiger partial charge in [-0.1, -0.05) is 0 Å². The van der Waals surface area contributed by atoms with Crippen molar-refractivity contribution in [3.05, 3.63) is 28.1 Å². The molecule has 1 amide bonds. The third-order valence-electron chi connectivity index (χ3n) is 3.88. The average Bonchev–Trinajstić information content (AvgIpc) is 3.01. The van der Waals surface area contributed by atoms with Crippen LogP contribution < -0.4 is 5.32 Å². The highest BCUT2D eigenvalue weighted by molar-refractivity contribution is 5.93. The van der Waals surface area contributed by atoms with E-state index in [0.717, 1.165) is 0 Å². The van der Waals surface area contributed by atoms with Crippen molar-refractivity contribution in [3.63, 3.8) is 0 Å². The summed E-state index contributed by atoms with van der Waals surface area (Å²) in [4.78, 5) is 22.4. The number of carbonyl (C=O) groups excluding carboxylic acids is 1. The third-order valence-corrected chi connectivity index (χ3v) is 3.88. The van der Waals surface area contributed by atoms with E-state index >= 15 is 0 Å². The highest BCUT2D eigenvalue weighted by Gasteiger charge is 2.39. The fraction of sp³-hybridized carbons (Fsp3) is 0.615. The van der Waals surface area contributed by atoms with Crippen molar-refractivity contribution in [2.75, 3.05) is 13.2 Å². The van der Waals surface area contributed by atoms with Gasteiger partial charge < -0.3 is 19.7 Å². The maximum Gasteiger partial charge on any atom is 0.287 e. The molecule has 1 aromatic rings. The summed E-state index contributed by atoms with van der Waals surface area (Å²) in [5.74, 6) is -0.447. The molecule has 0 aromatic carbocycles. The molecule has 2 atom stereocenters. The standard InChI is InChI=1S/C13H19N3O5/c1-3-15-7-10(16(19)20)6-11(15)12(17)14-8-13(18)4-5-21-9(13)2/h6-7,9,18H,3-5,8H2,1-2H3,(H,14,17). The van der Waals surface area contributed by atoms with Crippen LogP contribution >= 0.6 is 0 Å². The number of hydrogen-bond acceptors (Lipinski definition) is 5. The summed E-state index contributed by atoms with van der Waals surface area (Å²) in [6.07, 6.45) is 1.42. The van der Waals surface area contributed by atoms with Gasteiger partial charge in [-0.15, -0.1) is 0 Å². The monoisotopic (exact) mass is 297 g/mol. The van der Waals surface area contributed by atoms with Gasteiger partial charge in [-0.05, 0) is 13.8 Å². The van der Waals surface area contributed by atoms with Crippen LogP contribution in [0.4, 0.5) is 5.69 Å². The van der Waals surface area contributed by atoms with E-state index in [1.54, 1.807) is 13.8 Å². The Labute approximate surface area is 121 Å². The Morgan fingerprint density at radius 3 is 2.95 bits per heavy atom. The molecule has 0 bridgehead atoms. The zero-order valence-electron chi connectivity index (χ0n) is 12.0. The van der Waals surface area contributed by atoms with Gasteiger partial charge in [0, 0.05) is 32.2 Å². The van der Waals surface area contributed by atoms with Crippen molar-refractivity contribution >= 4 is 11.6 Å². The number of rotatable bonds is 5. The summed E-state index contributed by atoms with van der Waals surface area (Å²) in [6, 6.07) is 1.23. The maximum atomic E-state index is 12.2. The molecule has 1 aromatic heterocycles. The first kappa shape index (κ1) is 15.5. The molecule has 8 nitrogen and oxygen atoms in total. The third kappa shape index (κ3) is 3.06. The summed E-state index contributed by atoms with van der Waals surface area (Å²) in [7, 11) is 0. The molecular weight excluding hydrogens is 278 g/mol. The molecule has 8 heteroatoms. The fourth-order valence-corrected chi connectivity index (χ4v) is 2.37. The van der Waals surface area contributed by atoms with Gasteiger partial charge in [-0.25, -0.2) is 0 Å². The first-order valence-corrected chi connectivity index (χ1v) is 6.84. The van der Waals surface area contributed by atoms with Gasteiger partial charge in [0.15, 0.2) is 0 Å². The second kappa shape index (κ2) is 5.82. The predicted octanol–water partition coefficient (Wildman–Crippen LogP) is 0.686. The van der Waals surface area contributed by atoms with E-state index in [9.17, 15) is 20.0 Å². The normalized spacial score (nSPS) is 25.0. The molecule has 2 N–H and O–H groups in total. The summed E-state index contributed by atoms with van der Waals surface area (Å²) < 4.78 is 6.80. The number of aryl methyl sites for hydroxylation is 1. The van der Waals surface area contributed by atoms with E-state index in [0.29, 0.717) is 19.6 Å². The number of aliphatic hydroxyl groups is 1. The number of aromatic nitrogens is 1. The van der Waals surface area contributed by atoms with Gasteiger partial charge in [-0.3, -0.25) is 14.9 Å². The number of carbonyl (C=O) groups is 1. The Morgan fingerprint density at radius 1 is 1.71 bits per heavy atom. The van der Waals surface area contributed by atoms with E-state index in [-0.39, 0.29) is 24.0 Å². The van der Waals surface area contributed by atoms with Crippen LogP contribution in [0.1, 0.15) is 30.8 Å². The molecule has 0 aliphatic carbocycles. The molecule has 1 aliphatic rings. The van der Waals surface area contributed by atoms with Crippen LogP contribution in [0.15, 0.2) is 12.3 Å². The molecule has 1 aliphatic heterocycles. The van der Waals surface area contributed by atoms with Crippen molar-refractivity contribution in [3.8, 4) is 0 Å². The van der Waals surface area contributed by atoms with Crippen molar-refractivity contribution in [2.45, 2.75) is 38.5 Å². The molecule has 2 heterocycles. The van der Waals surface area contributed by atoms with Crippen molar-refractivity contribution in [1.82, 2.24) is 9.88 Å². The zero-order valence-corrected chi connectivity index (χ0v) is 12.0. The molecule has 1 fully saturated rings. The van der Waals surface area contributed by atoms with E-state index in [4.69, 9.17) is 4.74 Å². The van der Waals surface area contributed by atoms with Gasteiger partial charge in [0.2, 0.25) is 0 Å². The average molecular weight is 297 g/mol. The minimum absolute atomic E-state index is 0.0513. The van der Waals surface area contributed by atoms with E-state index in [2.05, 4.69) is 5.32 Å². The van der Waals surface area contributed by atoms with E-state index < -0.39 is 16.4 Å². The Hall–Kier alpha value is -1.93. The van der Waals surface area contributed by atoms with Gasteiger partial charge in [0.25, 0.3) is 11.6 Å². The topological polar surface area (TPSA) is 107 Å². The molecule has 2 rings (SSSR count). The van der Waals surface area contributed by atoms with Crippen molar-refractivity contribution < 1.29 is 19.6 Å². The van der Waals surface area contributed by atoms with Gasteiger partial charge in [-0.2, -0.15) is 0 Å². The number of nitrogens with one attached hydrogen (secondary N) is 1. The first-order chi connectivity index (χ1) is 9.87. The Bertz CT molecular complexity index is 556. The highest BCUT2D eigenvalue weighted by Crippen LogP contribution is 2.25. The molecule has 0 saturated carbocycles. The smallest absolute Gasteiger partial charge is 0.287 e. The molecule has 1 saturated heterocycles. The zero-order chi connectivity index (χ0) is 15.6. The van der Waals surface area contributed by atoms with Crippen LogP contribution in [0.2, 0.25) is 0 Å². The SMILES string of the molecule is CCn1cc([N+](=O)[O-])cc1C(=O)NCC1(O)CCOC1C. The lowest BCUT2D eigenvalue weighted by atomic mass is 9.97. The highest BCUT2D eigenvalue weighted by atomic mass is 16.6. The van der Waals surface area contributed by atoms with Gasteiger partial charge in [0.1, 0.15) is 11.3 Å². The van der Waals surface area contributed by atoms with Crippen LogP contribution in [0.5, 0.6) is 0 Å². The maximum absolute atomic E-state index is 12.2.